The van der Waals surface area contributed by atoms with Crippen LogP contribution in [0.4, 0.5) is 5.69 Å². The molecule has 2 heterocycles. The SMILES string of the molecule is Nc1c(C=O)ccn2ccnc12. The van der Waals surface area contributed by atoms with Crippen LogP contribution in [0.25, 0.3) is 5.65 Å². The molecule has 60 valence electrons. The topological polar surface area (TPSA) is 60.4 Å². The third kappa shape index (κ3) is 0.780. The summed E-state index contributed by atoms with van der Waals surface area (Å²) in [7, 11) is 0. The van der Waals surface area contributed by atoms with Gasteiger partial charge in [-0.2, -0.15) is 0 Å². The maximum atomic E-state index is 10.5. The largest absolute Gasteiger partial charge is 0.395 e. The molecule has 2 N–H and O–H groups in total. The van der Waals surface area contributed by atoms with Crippen molar-refractivity contribution in [3.8, 4) is 0 Å². The molecule has 0 aromatic carbocycles. The normalized spacial score (nSPS) is 10.3. The summed E-state index contributed by atoms with van der Waals surface area (Å²) in [5.41, 5.74) is 7.19. The van der Waals surface area contributed by atoms with Crippen molar-refractivity contribution in [1.82, 2.24) is 9.38 Å². The van der Waals surface area contributed by atoms with Gasteiger partial charge in [-0.1, -0.05) is 0 Å². The molecule has 0 radical (unpaired) electrons. The number of nitrogen functional groups attached to an aromatic ring is 1. The van der Waals surface area contributed by atoms with E-state index in [-0.39, 0.29) is 0 Å². The Bertz CT molecular complexity index is 433. The van der Waals surface area contributed by atoms with Crippen LogP contribution < -0.4 is 5.73 Å². The van der Waals surface area contributed by atoms with E-state index in [1.54, 1.807) is 29.1 Å². The summed E-state index contributed by atoms with van der Waals surface area (Å²) in [5.74, 6) is 0. The summed E-state index contributed by atoms with van der Waals surface area (Å²) < 4.78 is 1.77. The van der Waals surface area contributed by atoms with Crippen molar-refractivity contribution >= 4 is 17.6 Å². The number of fused-ring (bicyclic) bond motifs is 1. The van der Waals surface area contributed by atoms with E-state index in [9.17, 15) is 4.79 Å². The molecule has 0 aliphatic carbocycles. The van der Waals surface area contributed by atoms with Crippen LogP contribution in [0, 0.1) is 0 Å². The van der Waals surface area contributed by atoms with Crippen LogP contribution in [0.15, 0.2) is 24.7 Å². The van der Waals surface area contributed by atoms with E-state index in [2.05, 4.69) is 4.98 Å². The highest BCUT2D eigenvalue weighted by atomic mass is 16.1. The van der Waals surface area contributed by atoms with Crippen molar-refractivity contribution in [2.24, 2.45) is 0 Å². The highest BCUT2D eigenvalue weighted by molar-refractivity contribution is 5.88. The summed E-state index contributed by atoms with van der Waals surface area (Å²) in [6.45, 7) is 0. The number of carbonyl (C=O) groups is 1. The fraction of sp³-hybridized carbons (Fsp3) is 0. The number of hydrogen-bond acceptors (Lipinski definition) is 3. The van der Waals surface area contributed by atoms with E-state index in [1.807, 2.05) is 0 Å². The predicted octanol–water partition coefficient (Wildman–Crippen LogP) is 0.729. The Morgan fingerprint density at radius 1 is 1.50 bits per heavy atom. The smallest absolute Gasteiger partial charge is 0.160 e. The average molecular weight is 161 g/mol. The maximum Gasteiger partial charge on any atom is 0.160 e. The van der Waals surface area contributed by atoms with Gasteiger partial charge in [-0.3, -0.25) is 4.79 Å². The zero-order valence-electron chi connectivity index (χ0n) is 6.27. The molecule has 0 bridgehead atoms. The Labute approximate surface area is 68.6 Å². The zero-order valence-corrected chi connectivity index (χ0v) is 6.27. The molecule has 0 spiro atoms. The summed E-state index contributed by atoms with van der Waals surface area (Å²) in [4.78, 5) is 14.5. The van der Waals surface area contributed by atoms with Gasteiger partial charge in [0.05, 0.1) is 5.69 Å². The van der Waals surface area contributed by atoms with Crippen LogP contribution in [-0.4, -0.2) is 15.7 Å². The molecule has 0 aliphatic heterocycles. The van der Waals surface area contributed by atoms with Gasteiger partial charge in [0.15, 0.2) is 11.9 Å². The third-order valence-corrected chi connectivity index (χ3v) is 1.76. The lowest BCUT2D eigenvalue weighted by Crippen LogP contribution is -1.97. The highest BCUT2D eigenvalue weighted by Crippen LogP contribution is 2.14. The lowest BCUT2D eigenvalue weighted by Gasteiger charge is -1.99. The van der Waals surface area contributed by atoms with Gasteiger partial charge in [0.2, 0.25) is 0 Å². The fourth-order valence-electron chi connectivity index (χ4n) is 1.12. The van der Waals surface area contributed by atoms with Crippen LogP contribution in [0.1, 0.15) is 10.4 Å². The Morgan fingerprint density at radius 2 is 2.33 bits per heavy atom. The zero-order chi connectivity index (χ0) is 8.55. The lowest BCUT2D eigenvalue weighted by molar-refractivity contribution is 0.112. The van der Waals surface area contributed by atoms with Crippen LogP contribution in [0.3, 0.4) is 0 Å². The monoisotopic (exact) mass is 161 g/mol. The molecule has 2 aromatic rings. The minimum atomic E-state index is 0.428. The van der Waals surface area contributed by atoms with E-state index in [4.69, 9.17) is 5.73 Å². The van der Waals surface area contributed by atoms with Gasteiger partial charge >= 0.3 is 0 Å². The first-order valence-corrected chi connectivity index (χ1v) is 3.49. The Hall–Kier alpha value is -1.84. The second kappa shape index (κ2) is 2.34. The molecule has 0 unspecified atom stereocenters. The summed E-state index contributed by atoms with van der Waals surface area (Å²) in [6, 6.07) is 1.66. The summed E-state index contributed by atoms with van der Waals surface area (Å²) in [5, 5.41) is 0. The average Bonchev–Trinajstić information content (AvgIpc) is 2.53. The molecular formula is C8H7N3O. The molecule has 0 aliphatic rings. The van der Waals surface area contributed by atoms with Crippen LogP contribution in [-0.2, 0) is 0 Å². The molecule has 0 amide bonds. The van der Waals surface area contributed by atoms with E-state index in [1.165, 1.54) is 0 Å². The number of pyridine rings is 1. The molecule has 0 fully saturated rings. The number of imidazole rings is 1. The highest BCUT2D eigenvalue weighted by Gasteiger charge is 2.03. The van der Waals surface area contributed by atoms with Gasteiger partial charge in [0.1, 0.15) is 0 Å². The third-order valence-electron chi connectivity index (χ3n) is 1.76. The number of anilines is 1. The van der Waals surface area contributed by atoms with Crippen molar-refractivity contribution in [2.75, 3.05) is 5.73 Å². The number of nitrogens with two attached hydrogens (primary N) is 1. The standard InChI is InChI=1S/C8H7N3O/c9-7-6(5-12)1-3-11-4-2-10-8(7)11/h1-5H,9H2. The maximum absolute atomic E-state index is 10.5. The second-order valence-electron chi connectivity index (χ2n) is 2.46. The number of nitrogens with zero attached hydrogens (tertiary/aromatic N) is 2. The number of hydrogen-bond donors (Lipinski definition) is 1. The Kier molecular flexibility index (Phi) is 1.33. The van der Waals surface area contributed by atoms with Gasteiger partial charge < -0.3 is 10.1 Å². The lowest BCUT2D eigenvalue weighted by atomic mass is 10.2. The minimum absolute atomic E-state index is 0.428. The van der Waals surface area contributed by atoms with Crippen molar-refractivity contribution < 1.29 is 4.79 Å². The fourth-order valence-corrected chi connectivity index (χ4v) is 1.12. The molecule has 4 heteroatoms. The van der Waals surface area contributed by atoms with Crippen molar-refractivity contribution in [3.63, 3.8) is 0 Å². The van der Waals surface area contributed by atoms with Gasteiger partial charge in [-0.15, -0.1) is 0 Å². The molecule has 2 aromatic heterocycles. The molecule has 2 rings (SSSR count). The van der Waals surface area contributed by atoms with Crippen LogP contribution >= 0.6 is 0 Å². The Morgan fingerprint density at radius 3 is 3.08 bits per heavy atom. The number of rotatable bonds is 1. The summed E-state index contributed by atoms with van der Waals surface area (Å²) >= 11 is 0. The molecule has 4 nitrogen and oxygen atoms in total. The molecule has 0 saturated heterocycles. The van der Waals surface area contributed by atoms with Gasteiger partial charge in [0, 0.05) is 24.2 Å². The predicted molar refractivity (Wildman–Crippen MR) is 45.0 cm³/mol. The van der Waals surface area contributed by atoms with Gasteiger partial charge in [0.25, 0.3) is 0 Å². The number of aromatic nitrogens is 2. The first-order valence-electron chi connectivity index (χ1n) is 3.49. The quantitative estimate of drug-likeness (QED) is 0.627. The molecular weight excluding hydrogens is 154 g/mol. The Balaban J connectivity index is 2.86. The minimum Gasteiger partial charge on any atom is -0.395 e. The molecule has 12 heavy (non-hydrogen) atoms. The van der Waals surface area contributed by atoms with E-state index >= 15 is 0 Å². The number of carbonyl (C=O) groups excluding carboxylic acids is 1. The van der Waals surface area contributed by atoms with Crippen LogP contribution in [0.2, 0.25) is 0 Å². The van der Waals surface area contributed by atoms with Crippen molar-refractivity contribution in [3.05, 3.63) is 30.2 Å². The van der Waals surface area contributed by atoms with Gasteiger partial charge in [-0.05, 0) is 6.07 Å². The second-order valence-corrected chi connectivity index (χ2v) is 2.46. The summed E-state index contributed by atoms with van der Waals surface area (Å²) in [6.07, 6.45) is 5.90. The first-order chi connectivity index (χ1) is 5.83. The van der Waals surface area contributed by atoms with E-state index < -0.39 is 0 Å². The van der Waals surface area contributed by atoms with Crippen LogP contribution in [0.5, 0.6) is 0 Å². The first kappa shape index (κ1) is 6.84. The van der Waals surface area contributed by atoms with E-state index in [0.29, 0.717) is 16.9 Å². The number of aldehydes is 1. The van der Waals surface area contributed by atoms with Gasteiger partial charge in [-0.25, -0.2) is 4.98 Å². The van der Waals surface area contributed by atoms with Crippen molar-refractivity contribution in [1.29, 1.82) is 0 Å². The van der Waals surface area contributed by atoms with E-state index in [0.717, 1.165) is 6.29 Å². The molecule has 0 atom stereocenters. The van der Waals surface area contributed by atoms with Crippen molar-refractivity contribution in [2.45, 2.75) is 0 Å². The molecule has 0 saturated carbocycles.